The molecule has 54 valence electrons. The summed E-state index contributed by atoms with van der Waals surface area (Å²) in [5, 5.41) is 0. The van der Waals surface area contributed by atoms with Crippen molar-refractivity contribution >= 4 is 0 Å². The highest BCUT2D eigenvalue weighted by Crippen LogP contribution is 2.20. The van der Waals surface area contributed by atoms with E-state index < -0.39 is 0 Å². The Kier molecular flexibility index (Phi) is 2.41. The van der Waals surface area contributed by atoms with E-state index in [0.29, 0.717) is 6.61 Å². The van der Waals surface area contributed by atoms with Crippen LogP contribution in [0.15, 0.2) is 0 Å². The van der Waals surface area contributed by atoms with Crippen LogP contribution in [0, 0.1) is 0 Å². The molecular formula is C5H11NO3. The first-order chi connectivity index (χ1) is 4.36. The maximum absolute atomic E-state index is 5.05. The first-order valence-electron chi connectivity index (χ1n) is 2.99. The maximum atomic E-state index is 5.05. The molecule has 2 atom stereocenters. The Morgan fingerprint density at radius 3 is 2.78 bits per heavy atom. The van der Waals surface area contributed by atoms with Gasteiger partial charge in [-0.3, -0.25) is 4.84 Å². The minimum absolute atomic E-state index is 0.0939. The van der Waals surface area contributed by atoms with Crippen molar-refractivity contribution in [1.82, 2.24) is 0 Å². The lowest BCUT2D eigenvalue weighted by Crippen LogP contribution is -2.42. The van der Waals surface area contributed by atoms with Crippen LogP contribution < -0.4 is 5.90 Å². The fraction of sp³-hybridized carbons (Fsp3) is 1.00. The Morgan fingerprint density at radius 2 is 2.33 bits per heavy atom. The van der Waals surface area contributed by atoms with E-state index in [0.717, 1.165) is 6.42 Å². The van der Waals surface area contributed by atoms with Gasteiger partial charge in [0.25, 0.3) is 0 Å². The highest BCUT2D eigenvalue weighted by atomic mass is 16.8. The van der Waals surface area contributed by atoms with Crippen LogP contribution in [0.4, 0.5) is 0 Å². The molecule has 1 heterocycles. The molecule has 4 heteroatoms. The molecule has 9 heavy (non-hydrogen) atoms. The Labute approximate surface area is 53.8 Å². The van der Waals surface area contributed by atoms with Crippen molar-refractivity contribution in [2.45, 2.75) is 25.9 Å². The highest BCUT2D eigenvalue weighted by molar-refractivity contribution is 4.60. The third kappa shape index (κ3) is 1.62. The normalized spacial score (nSPS) is 34.0. The Morgan fingerprint density at radius 1 is 1.67 bits per heavy atom. The zero-order valence-electron chi connectivity index (χ0n) is 5.37. The highest BCUT2D eigenvalue weighted by Gasteiger charge is 2.30. The summed E-state index contributed by atoms with van der Waals surface area (Å²) in [6, 6.07) is 0. The van der Waals surface area contributed by atoms with Crippen molar-refractivity contribution in [2.24, 2.45) is 5.90 Å². The van der Waals surface area contributed by atoms with Gasteiger partial charge in [0.2, 0.25) is 0 Å². The lowest BCUT2D eigenvalue weighted by atomic mass is 10.3. The van der Waals surface area contributed by atoms with E-state index in [1.807, 2.05) is 6.92 Å². The minimum Gasteiger partial charge on any atom is -0.353 e. The van der Waals surface area contributed by atoms with Crippen LogP contribution in [0.2, 0.25) is 0 Å². The fourth-order valence-corrected chi connectivity index (χ4v) is 0.696. The van der Waals surface area contributed by atoms with Crippen molar-refractivity contribution < 1.29 is 14.3 Å². The molecule has 0 aromatic carbocycles. The molecule has 0 amide bonds. The predicted molar refractivity (Wildman–Crippen MR) is 30.2 cm³/mol. The van der Waals surface area contributed by atoms with E-state index in [2.05, 4.69) is 4.84 Å². The summed E-state index contributed by atoms with van der Waals surface area (Å²) in [6.45, 7) is 2.59. The van der Waals surface area contributed by atoms with Gasteiger partial charge in [0, 0.05) is 6.61 Å². The van der Waals surface area contributed by atoms with Crippen molar-refractivity contribution in [3.05, 3.63) is 0 Å². The monoisotopic (exact) mass is 133 g/mol. The summed E-state index contributed by atoms with van der Waals surface area (Å²) < 4.78 is 10.0. The van der Waals surface area contributed by atoms with Gasteiger partial charge in [0.15, 0.2) is 12.6 Å². The zero-order valence-corrected chi connectivity index (χ0v) is 5.37. The van der Waals surface area contributed by atoms with E-state index in [-0.39, 0.29) is 12.6 Å². The number of nitrogens with two attached hydrogens (primary N) is 1. The predicted octanol–water partition coefficient (Wildman–Crippen LogP) is -0.0143. The third-order valence-electron chi connectivity index (χ3n) is 1.19. The summed E-state index contributed by atoms with van der Waals surface area (Å²) >= 11 is 0. The van der Waals surface area contributed by atoms with Gasteiger partial charge in [-0.2, -0.15) is 0 Å². The number of ether oxygens (including phenoxy) is 2. The molecule has 0 aliphatic carbocycles. The lowest BCUT2D eigenvalue weighted by Gasteiger charge is -2.32. The molecule has 1 fully saturated rings. The van der Waals surface area contributed by atoms with Gasteiger partial charge in [-0.25, -0.2) is 5.90 Å². The summed E-state index contributed by atoms with van der Waals surface area (Å²) in [5.74, 6) is 4.81. The second kappa shape index (κ2) is 3.12. The second-order valence-corrected chi connectivity index (χ2v) is 1.82. The van der Waals surface area contributed by atoms with Gasteiger partial charge in [-0.15, -0.1) is 0 Å². The molecule has 1 saturated heterocycles. The SMILES string of the molecule is CCOC1CC(ON)O1. The second-order valence-electron chi connectivity index (χ2n) is 1.82. The molecular weight excluding hydrogens is 122 g/mol. The average molecular weight is 133 g/mol. The Hall–Kier alpha value is -0.160. The third-order valence-corrected chi connectivity index (χ3v) is 1.19. The molecule has 0 saturated carbocycles. The minimum atomic E-state index is -0.249. The molecule has 0 aromatic heterocycles. The van der Waals surface area contributed by atoms with Crippen LogP contribution in [0.5, 0.6) is 0 Å². The molecule has 2 unspecified atom stereocenters. The van der Waals surface area contributed by atoms with Crippen LogP contribution in [-0.4, -0.2) is 19.2 Å². The topological polar surface area (TPSA) is 53.7 Å². The van der Waals surface area contributed by atoms with Gasteiger partial charge >= 0.3 is 0 Å². The summed E-state index contributed by atoms with van der Waals surface area (Å²) in [7, 11) is 0. The van der Waals surface area contributed by atoms with Crippen molar-refractivity contribution in [3.63, 3.8) is 0 Å². The Balaban J connectivity index is 1.98. The lowest BCUT2D eigenvalue weighted by molar-refractivity contribution is -0.335. The van der Waals surface area contributed by atoms with Gasteiger partial charge < -0.3 is 9.47 Å². The van der Waals surface area contributed by atoms with Gasteiger partial charge in [-0.1, -0.05) is 0 Å². The van der Waals surface area contributed by atoms with Gasteiger partial charge in [-0.05, 0) is 6.92 Å². The fourth-order valence-electron chi connectivity index (χ4n) is 0.696. The van der Waals surface area contributed by atoms with E-state index in [9.17, 15) is 0 Å². The Bertz CT molecular complexity index is 82.3. The van der Waals surface area contributed by atoms with Crippen molar-refractivity contribution in [2.75, 3.05) is 6.61 Å². The molecule has 1 rings (SSSR count). The number of hydrogen-bond donors (Lipinski definition) is 1. The van der Waals surface area contributed by atoms with Crippen LogP contribution in [-0.2, 0) is 14.3 Å². The van der Waals surface area contributed by atoms with E-state index in [1.54, 1.807) is 0 Å². The van der Waals surface area contributed by atoms with E-state index in [1.165, 1.54) is 0 Å². The standard InChI is InChI=1S/C5H11NO3/c1-2-7-4-3-5(8-4)9-6/h4-5H,2-3,6H2,1H3. The quantitative estimate of drug-likeness (QED) is 0.550. The molecule has 0 bridgehead atoms. The van der Waals surface area contributed by atoms with Crippen LogP contribution >= 0.6 is 0 Å². The molecule has 1 aliphatic rings. The first-order valence-corrected chi connectivity index (χ1v) is 2.99. The molecule has 0 aromatic rings. The molecule has 4 nitrogen and oxygen atoms in total. The molecule has 1 aliphatic heterocycles. The smallest absolute Gasteiger partial charge is 0.184 e. The zero-order chi connectivity index (χ0) is 6.69. The first kappa shape index (κ1) is 6.95. The van der Waals surface area contributed by atoms with Gasteiger partial charge in [0.1, 0.15) is 0 Å². The van der Waals surface area contributed by atoms with Crippen LogP contribution in [0.1, 0.15) is 13.3 Å². The summed E-state index contributed by atoms with van der Waals surface area (Å²) in [6.07, 6.45) is 0.398. The van der Waals surface area contributed by atoms with E-state index >= 15 is 0 Å². The van der Waals surface area contributed by atoms with Crippen LogP contribution in [0.25, 0.3) is 0 Å². The van der Waals surface area contributed by atoms with Crippen molar-refractivity contribution in [1.29, 1.82) is 0 Å². The van der Waals surface area contributed by atoms with Crippen molar-refractivity contribution in [3.8, 4) is 0 Å². The van der Waals surface area contributed by atoms with E-state index in [4.69, 9.17) is 15.4 Å². The average Bonchev–Trinajstić information content (AvgIpc) is 1.77. The van der Waals surface area contributed by atoms with Crippen LogP contribution in [0.3, 0.4) is 0 Å². The molecule has 0 radical (unpaired) electrons. The maximum Gasteiger partial charge on any atom is 0.184 e. The number of rotatable bonds is 3. The molecule has 2 N–H and O–H groups in total. The van der Waals surface area contributed by atoms with Gasteiger partial charge in [0.05, 0.1) is 6.42 Å². The summed E-state index contributed by atoms with van der Waals surface area (Å²) in [4.78, 5) is 4.36. The molecule has 0 spiro atoms. The summed E-state index contributed by atoms with van der Waals surface area (Å²) in [5.41, 5.74) is 0. The number of hydrogen-bond acceptors (Lipinski definition) is 4. The largest absolute Gasteiger partial charge is 0.353 e.